The molecule has 98 valence electrons. The van der Waals surface area contributed by atoms with Crippen molar-refractivity contribution in [3.8, 4) is 0 Å². The van der Waals surface area contributed by atoms with Crippen LogP contribution in [0.25, 0.3) is 0 Å². The van der Waals surface area contributed by atoms with Crippen molar-refractivity contribution in [2.24, 2.45) is 10.2 Å². The fourth-order valence-electron chi connectivity index (χ4n) is 1.67. The van der Waals surface area contributed by atoms with E-state index in [1.807, 2.05) is 32.0 Å². The predicted molar refractivity (Wildman–Crippen MR) is 75.4 cm³/mol. The van der Waals surface area contributed by atoms with Crippen LogP contribution in [-0.2, 0) is 0 Å². The van der Waals surface area contributed by atoms with Gasteiger partial charge in [-0.15, -0.1) is 10.2 Å². The standard InChI is InChI=1S/C12H15N7/c1-6-4-3-5-7(2)8(6)18-19-9-10(13)16-12(15)17-11(9)14/h3-5H,1-2H3,(H6,13,14,15,16,17). The van der Waals surface area contributed by atoms with Crippen LogP contribution in [0.5, 0.6) is 0 Å². The second kappa shape index (κ2) is 4.89. The van der Waals surface area contributed by atoms with Crippen LogP contribution in [0, 0.1) is 13.8 Å². The van der Waals surface area contributed by atoms with Crippen LogP contribution < -0.4 is 17.2 Å². The Bertz CT molecular complexity index is 605. The zero-order valence-electron chi connectivity index (χ0n) is 10.8. The van der Waals surface area contributed by atoms with E-state index in [-0.39, 0.29) is 23.3 Å². The highest BCUT2D eigenvalue weighted by Crippen LogP contribution is 2.30. The normalized spacial score (nSPS) is 11.1. The molecule has 6 N–H and O–H groups in total. The highest BCUT2D eigenvalue weighted by atomic mass is 15.2. The Morgan fingerprint density at radius 3 is 1.84 bits per heavy atom. The minimum absolute atomic E-state index is 0.0148. The molecule has 0 saturated carbocycles. The molecule has 1 aromatic heterocycles. The summed E-state index contributed by atoms with van der Waals surface area (Å²) >= 11 is 0. The van der Waals surface area contributed by atoms with Gasteiger partial charge in [0, 0.05) is 0 Å². The molecule has 0 amide bonds. The van der Waals surface area contributed by atoms with Crippen LogP contribution >= 0.6 is 0 Å². The van der Waals surface area contributed by atoms with Gasteiger partial charge in [0.1, 0.15) is 0 Å². The van der Waals surface area contributed by atoms with E-state index in [2.05, 4.69) is 20.2 Å². The van der Waals surface area contributed by atoms with Gasteiger partial charge in [-0.2, -0.15) is 9.97 Å². The number of hydrogen-bond donors (Lipinski definition) is 3. The van der Waals surface area contributed by atoms with Crippen molar-refractivity contribution in [1.82, 2.24) is 9.97 Å². The van der Waals surface area contributed by atoms with E-state index in [1.165, 1.54) is 0 Å². The summed E-state index contributed by atoms with van der Waals surface area (Å²) in [5, 5.41) is 8.20. The smallest absolute Gasteiger partial charge is 0.224 e. The van der Waals surface area contributed by atoms with Crippen molar-refractivity contribution in [3.63, 3.8) is 0 Å². The summed E-state index contributed by atoms with van der Waals surface area (Å²) < 4.78 is 0. The van der Waals surface area contributed by atoms with E-state index in [0.29, 0.717) is 0 Å². The molecule has 0 aliphatic heterocycles. The summed E-state index contributed by atoms with van der Waals surface area (Å²) in [5.74, 6) is 0.237. The number of aromatic nitrogens is 2. The molecule has 0 aliphatic carbocycles. The van der Waals surface area contributed by atoms with Crippen molar-refractivity contribution in [2.75, 3.05) is 17.2 Å². The molecule has 0 radical (unpaired) electrons. The van der Waals surface area contributed by atoms with E-state index in [4.69, 9.17) is 17.2 Å². The van der Waals surface area contributed by atoms with Gasteiger partial charge in [-0.1, -0.05) is 18.2 Å². The molecule has 0 atom stereocenters. The minimum Gasteiger partial charge on any atom is -0.382 e. The van der Waals surface area contributed by atoms with Crippen LogP contribution in [-0.4, -0.2) is 9.97 Å². The Kier molecular flexibility index (Phi) is 3.28. The molecule has 0 saturated heterocycles. The van der Waals surface area contributed by atoms with E-state index < -0.39 is 0 Å². The largest absolute Gasteiger partial charge is 0.382 e. The van der Waals surface area contributed by atoms with Gasteiger partial charge in [-0.25, -0.2) is 0 Å². The maximum Gasteiger partial charge on any atom is 0.224 e. The number of nitrogens with zero attached hydrogens (tertiary/aromatic N) is 4. The summed E-state index contributed by atoms with van der Waals surface area (Å²) in [4.78, 5) is 7.60. The SMILES string of the molecule is Cc1cccc(C)c1N=Nc1c(N)nc(N)nc1N. The average molecular weight is 257 g/mol. The molecule has 7 heteroatoms. The summed E-state index contributed by atoms with van der Waals surface area (Å²) in [7, 11) is 0. The number of aryl methyl sites for hydroxylation is 2. The monoisotopic (exact) mass is 257 g/mol. The lowest BCUT2D eigenvalue weighted by atomic mass is 10.1. The van der Waals surface area contributed by atoms with Crippen LogP contribution in [0.3, 0.4) is 0 Å². The molecule has 0 fully saturated rings. The zero-order valence-corrected chi connectivity index (χ0v) is 10.8. The lowest BCUT2D eigenvalue weighted by Crippen LogP contribution is -2.03. The van der Waals surface area contributed by atoms with Crippen molar-refractivity contribution in [1.29, 1.82) is 0 Å². The third-order valence-electron chi connectivity index (χ3n) is 2.64. The number of azo groups is 1. The quantitative estimate of drug-likeness (QED) is 0.710. The molecule has 0 aliphatic rings. The van der Waals surface area contributed by atoms with Crippen molar-refractivity contribution < 1.29 is 0 Å². The number of hydrogen-bond acceptors (Lipinski definition) is 7. The van der Waals surface area contributed by atoms with Gasteiger partial charge in [0.05, 0.1) is 5.69 Å². The first-order chi connectivity index (χ1) is 8.99. The van der Waals surface area contributed by atoms with Gasteiger partial charge in [-0.3, -0.25) is 0 Å². The Hall–Kier alpha value is -2.70. The summed E-state index contributed by atoms with van der Waals surface area (Å²) in [6.07, 6.45) is 0. The van der Waals surface area contributed by atoms with Crippen molar-refractivity contribution in [3.05, 3.63) is 29.3 Å². The van der Waals surface area contributed by atoms with Gasteiger partial charge < -0.3 is 17.2 Å². The topological polar surface area (TPSA) is 129 Å². The summed E-state index contributed by atoms with van der Waals surface area (Å²) in [6.45, 7) is 3.90. The van der Waals surface area contributed by atoms with Crippen molar-refractivity contribution in [2.45, 2.75) is 13.8 Å². The second-order valence-electron chi connectivity index (χ2n) is 4.14. The second-order valence-corrected chi connectivity index (χ2v) is 4.14. The molecule has 1 aromatic carbocycles. The lowest BCUT2D eigenvalue weighted by molar-refractivity contribution is 1.14. The number of nitrogen functional groups attached to an aromatic ring is 3. The third-order valence-corrected chi connectivity index (χ3v) is 2.64. The number of rotatable bonds is 2. The van der Waals surface area contributed by atoms with Crippen LogP contribution in [0.15, 0.2) is 28.4 Å². The number of anilines is 3. The Morgan fingerprint density at radius 2 is 1.32 bits per heavy atom. The number of nitrogens with two attached hydrogens (primary N) is 3. The highest BCUT2D eigenvalue weighted by molar-refractivity contribution is 5.71. The first kappa shape index (κ1) is 12.7. The van der Waals surface area contributed by atoms with Crippen LogP contribution in [0.2, 0.25) is 0 Å². The van der Waals surface area contributed by atoms with Gasteiger partial charge in [-0.05, 0) is 25.0 Å². The molecular formula is C12H15N7. The fourth-order valence-corrected chi connectivity index (χ4v) is 1.67. The first-order valence-electron chi connectivity index (χ1n) is 5.65. The fraction of sp³-hybridized carbons (Fsp3) is 0.167. The molecule has 1 heterocycles. The molecule has 0 unspecified atom stereocenters. The Morgan fingerprint density at radius 1 is 0.842 bits per heavy atom. The van der Waals surface area contributed by atoms with E-state index in [0.717, 1.165) is 16.8 Å². The predicted octanol–water partition coefficient (Wildman–Crippen LogP) is 2.26. The highest BCUT2D eigenvalue weighted by Gasteiger charge is 2.08. The number of benzene rings is 1. The van der Waals surface area contributed by atoms with Crippen molar-refractivity contribution >= 4 is 29.0 Å². The average Bonchev–Trinajstić information content (AvgIpc) is 2.31. The summed E-state index contributed by atoms with van der Waals surface area (Å²) in [6, 6.07) is 5.86. The van der Waals surface area contributed by atoms with Gasteiger partial charge in [0.25, 0.3) is 0 Å². The third kappa shape index (κ3) is 2.59. The van der Waals surface area contributed by atoms with Gasteiger partial charge in [0.15, 0.2) is 17.3 Å². The first-order valence-corrected chi connectivity index (χ1v) is 5.65. The van der Waals surface area contributed by atoms with Gasteiger partial charge in [0.2, 0.25) is 5.95 Å². The summed E-state index contributed by atoms with van der Waals surface area (Å²) in [5.41, 5.74) is 19.9. The molecule has 19 heavy (non-hydrogen) atoms. The molecule has 0 spiro atoms. The molecule has 7 nitrogen and oxygen atoms in total. The molecular weight excluding hydrogens is 242 g/mol. The van der Waals surface area contributed by atoms with Crippen LogP contribution in [0.1, 0.15) is 11.1 Å². The molecule has 2 aromatic rings. The Labute approximate surface area is 110 Å². The zero-order chi connectivity index (χ0) is 14.0. The van der Waals surface area contributed by atoms with E-state index >= 15 is 0 Å². The Balaban J connectivity index is 2.44. The maximum atomic E-state index is 5.70. The molecule has 0 bridgehead atoms. The maximum absolute atomic E-state index is 5.70. The lowest BCUT2D eigenvalue weighted by Gasteiger charge is -2.05. The minimum atomic E-state index is 0.0148. The van der Waals surface area contributed by atoms with E-state index in [9.17, 15) is 0 Å². The van der Waals surface area contributed by atoms with E-state index in [1.54, 1.807) is 0 Å². The van der Waals surface area contributed by atoms with Gasteiger partial charge >= 0.3 is 0 Å². The molecule has 2 rings (SSSR count). The van der Waals surface area contributed by atoms with Crippen LogP contribution in [0.4, 0.5) is 29.0 Å².